The third kappa shape index (κ3) is 1.86. The summed E-state index contributed by atoms with van der Waals surface area (Å²) in [5.41, 5.74) is -0.141. The number of methoxy groups -OCH3 is 2. The van der Waals surface area contributed by atoms with Gasteiger partial charge in [-0.05, 0) is 40.9 Å². The maximum absolute atomic E-state index is 11.6. The predicted octanol–water partition coefficient (Wildman–Crippen LogP) is 2.97. The molecule has 0 heterocycles. The number of ether oxygens (including phenoxy) is 2. The van der Waals surface area contributed by atoms with E-state index in [1.165, 1.54) is 0 Å². The van der Waals surface area contributed by atoms with Crippen molar-refractivity contribution in [3.05, 3.63) is 22.2 Å². The zero-order valence-corrected chi connectivity index (χ0v) is 11.9. The zero-order valence-electron chi connectivity index (χ0n) is 10.3. The first-order valence-electron chi connectivity index (χ1n) is 5.70. The zero-order chi connectivity index (χ0) is 13.3. The van der Waals surface area contributed by atoms with Gasteiger partial charge in [0, 0.05) is 5.56 Å². The van der Waals surface area contributed by atoms with Crippen LogP contribution in [-0.2, 0) is 10.2 Å². The van der Waals surface area contributed by atoms with Crippen molar-refractivity contribution in [2.45, 2.75) is 24.7 Å². The number of hydrogen-bond donors (Lipinski definition) is 1. The van der Waals surface area contributed by atoms with Gasteiger partial charge in [0.1, 0.15) is 11.5 Å². The molecule has 5 heteroatoms. The number of benzene rings is 1. The fourth-order valence-corrected chi connectivity index (χ4v) is 2.98. The van der Waals surface area contributed by atoms with E-state index < -0.39 is 11.4 Å². The van der Waals surface area contributed by atoms with Gasteiger partial charge >= 0.3 is 5.97 Å². The molecule has 2 rings (SSSR count). The highest BCUT2D eigenvalue weighted by Crippen LogP contribution is 2.50. The summed E-state index contributed by atoms with van der Waals surface area (Å²) in [7, 11) is 3.11. The minimum atomic E-state index is -0.831. The van der Waals surface area contributed by atoms with Crippen LogP contribution in [0.25, 0.3) is 0 Å². The van der Waals surface area contributed by atoms with E-state index >= 15 is 0 Å². The summed E-state index contributed by atoms with van der Waals surface area (Å²) in [6, 6.07) is 3.54. The molecule has 1 aliphatic rings. The van der Waals surface area contributed by atoms with Gasteiger partial charge in [0.2, 0.25) is 0 Å². The first kappa shape index (κ1) is 13.2. The summed E-state index contributed by atoms with van der Waals surface area (Å²) >= 11 is 3.40. The van der Waals surface area contributed by atoms with E-state index in [0.717, 1.165) is 6.42 Å². The average molecular weight is 315 g/mol. The van der Waals surface area contributed by atoms with Crippen molar-refractivity contribution in [1.82, 2.24) is 0 Å². The molecule has 4 nitrogen and oxygen atoms in total. The monoisotopic (exact) mass is 314 g/mol. The second-order valence-electron chi connectivity index (χ2n) is 4.43. The maximum atomic E-state index is 11.6. The molecule has 0 unspecified atom stereocenters. The molecule has 1 aliphatic carbocycles. The van der Waals surface area contributed by atoms with E-state index in [-0.39, 0.29) is 0 Å². The van der Waals surface area contributed by atoms with Crippen LogP contribution in [-0.4, -0.2) is 25.3 Å². The van der Waals surface area contributed by atoms with Crippen LogP contribution in [0.1, 0.15) is 24.8 Å². The van der Waals surface area contributed by atoms with Crippen molar-refractivity contribution in [1.29, 1.82) is 0 Å². The Kier molecular flexibility index (Phi) is 3.52. The summed E-state index contributed by atoms with van der Waals surface area (Å²) in [5.74, 6) is 0.412. The molecular formula is C13H15BrO4. The van der Waals surface area contributed by atoms with Crippen molar-refractivity contribution in [2.24, 2.45) is 0 Å². The minimum Gasteiger partial charge on any atom is -0.497 e. The molecular weight excluding hydrogens is 300 g/mol. The number of carbonyl (C=O) groups is 1. The molecule has 0 radical (unpaired) electrons. The second-order valence-corrected chi connectivity index (χ2v) is 5.29. The lowest BCUT2D eigenvalue weighted by atomic mass is 9.64. The lowest BCUT2D eigenvalue weighted by Crippen LogP contribution is -2.42. The van der Waals surface area contributed by atoms with Gasteiger partial charge in [-0.3, -0.25) is 4.79 Å². The highest BCUT2D eigenvalue weighted by atomic mass is 79.9. The Balaban J connectivity index is 2.61. The molecule has 1 saturated carbocycles. The molecule has 0 atom stereocenters. The fraction of sp³-hybridized carbons (Fsp3) is 0.462. The Labute approximate surface area is 114 Å². The summed E-state index contributed by atoms with van der Waals surface area (Å²) < 4.78 is 11.3. The summed E-state index contributed by atoms with van der Waals surface area (Å²) in [6.07, 6.45) is 2.20. The van der Waals surface area contributed by atoms with Crippen molar-refractivity contribution in [3.63, 3.8) is 0 Å². The van der Waals surface area contributed by atoms with Gasteiger partial charge < -0.3 is 14.6 Å². The summed E-state index contributed by atoms with van der Waals surface area (Å²) in [4.78, 5) is 11.6. The van der Waals surface area contributed by atoms with Crippen LogP contribution >= 0.6 is 15.9 Å². The predicted molar refractivity (Wildman–Crippen MR) is 70.4 cm³/mol. The smallest absolute Gasteiger partial charge is 0.314 e. The second kappa shape index (κ2) is 4.80. The Morgan fingerprint density at radius 2 is 2.00 bits per heavy atom. The first-order valence-corrected chi connectivity index (χ1v) is 6.50. The van der Waals surface area contributed by atoms with E-state index in [4.69, 9.17) is 9.47 Å². The third-order valence-electron chi connectivity index (χ3n) is 3.59. The van der Waals surface area contributed by atoms with Crippen LogP contribution in [0.15, 0.2) is 16.6 Å². The van der Waals surface area contributed by atoms with Crippen LogP contribution in [0.4, 0.5) is 0 Å². The summed E-state index contributed by atoms with van der Waals surface area (Å²) in [5, 5.41) is 9.50. The van der Waals surface area contributed by atoms with E-state index in [1.807, 2.05) is 0 Å². The summed E-state index contributed by atoms with van der Waals surface area (Å²) in [6.45, 7) is 0. The number of rotatable bonds is 4. The van der Waals surface area contributed by atoms with Gasteiger partial charge in [-0.15, -0.1) is 0 Å². The lowest BCUT2D eigenvalue weighted by Gasteiger charge is -2.39. The molecule has 0 amide bonds. The maximum Gasteiger partial charge on any atom is 0.314 e. The Morgan fingerprint density at radius 1 is 1.33 bits per heavy atom. The fourth-order valence-electron chi connectivity index (χ4n) is 2.38. The van der Waals surface area contributed by atoms with E-state index in [0.29, 0.717) is 34.4 Å². The van der Waals surface area contributed by atoms with Gasteiger partial charge in [-0.25, -0.2) is 0 Å². The van der Waals surface area contributed by atoms with Crippen molar-refractivity contribution >= 4 is 21.9 Å². The van der Waals surface area contributed by atoms with Crippen molar-refractivity contribution in [2.75, 3.05) is 14.2 Å². The van der Waals surface area contributed by atoms with E-state index in [2.05, 4.69) is 15.9 Å². The first-order chi connectivity index (χ1) is 8.55. The topological polar surface area (TPSA) is 55.8 Å². The molecule has 1 fully saturated rings. The largest absolute Gasteiger partial charge is 0.497 e. The van der Waals surface area contributed by atoms with E-state index in [1.54, 1.807) is 26.4 Å². The Hall–Kier alpha value is -1.23. The van der Waals surface area contributed by atoms with Crippen molar-refractivity contribution < 1.29 is 19.4 Å². The van der Waals surface area contributed by atoms with Crippen LogP contribution in [0.2, 0.25) is 0 Å². The molecule has 1 N–H and O–H groups in total. The quantitative estimate of drug-likeness (QED) is 0.928. The molecule has 1 aromatic rings. The van der Waals surface area contributed by atoms with Crippen LogP contribution in [0.3, 0.4) is 0 Å². The van der Waals surface area contributed by atoms with E-state index in [9.17, 15) is 9.90 Å². The number of halogens is 1. The normalized spacial score (nSPS) is 16.8. The molecule has 0 saturated heterocycles. The molecule has 98 valence electrons. The van der Waals surface area contributed by atoms with Gasteiger partial charge in [0.15, 0.2) is 0 Å². The average Bonchev–Trinajstić information content (AvgIpc) is 2.26. The van der Waals surface area contributed by atoms with Gasteiger partial charge in [-0.2, -0.15) is 0 Å². The van der Waals surface area contributed by atoms with Gasteiger partial charge in [-0.1, -0.05) is 6.42 Å². The molecule has 0 aliphatic heterocycles. The lowest BCUT2D eigenvalue weighted by molar-refractivity contribution is -0.147. The number of aliphatic carboxylic acids is 1. The van der Waals surface area contributed by atoms with Crippen LogP contribution in [0, 0.1) is 0 Å². The number of carboxylic acids is 1. The number of hydrogen-bond acceptors (Lipinski definition) is 3. The minimum absolute atomic E-state index is 0.581. The molecule has 1 aromatic carbocycles. The van der Waals surface area contributed by atoms with Gasteiger partial charge in [0.25, 0.3) is 0 Å². The van der Waals surface area contributed by atoms with Crippen molar-refractivity contribution in [3.8, 4) is 11.5 Å². The number of carboxylic acid groups (broad SMARTS) is 1. The molecule has 0 bridgehead atoms. The molecule has 0 spiro atoms. The van der Waals surface area contributed by atoms with Crippen LogP contribution < -0.4 is 9.47 Å². The third-order valence-corrected chi connectivity index (χ3v) is 4.18. The Bertz CT molecular complexity index is 480. The highest BCUT2D eigenvalue weighted by Gasteiger charge is 2.48. The standard InChI is InChI=1S/C13H15BrO4/c1-17-8-6-9(11(18-2)10(14)7-8)13(12(15)16)4-3-5-13/h6-7H,3-5H2,1-2H3,(H,15,16). The van der Waals surface area contributed by atoms with Crippen LogP contribution in [0.5, 0.6) is 11.5 Å². The Morgan fingerprint density at radius 3 is 2.39 bits per heavy atom. The molecule has 18 heavy (non-hydrogen) atoms. The SMILES string of the molecule is COc1cc(Br)c(OC)c(C2(C(=O)O)CCC2)c1. The highest BCUT2D eigenvalue weighted by molar-refractivity contribution is 9.10. The van der Waals surface area contributed by atoms with Gasteiger partial charge in [0.05, 0.1) is 24.1 Å². The molecule has 0 aromatic heterocycles.